The lowest BCUT2D eigenvalue weighted by atomic mass is 9.92. The average molecular weight is 285 g/mol. The summed E-state index contributed by atoms with van der Waals surface area (Å²) in [6.07, 6.45) is 5.51. The molecular formula is C12H17BrN2O. The van der Waals surface area contributed by atoms with Crippen molar-refractivity contribution in [1.82, 2.24) is 9.47 Å². The van der Waals surface area contributed by atoms with Crippen LogP contribution in [0.25, 0.3) is 0 Å². The number of aromatic nitrogens is 1. The summed E-state index contributed by atoms with van der Waals surface area (Å²) in [4.78, 5) is 14.1. The molecule has 0 saturated heterocycles. The van der Waals surface area contributed by atoms with Crippen LogP contribution in [0.2, 0.25) is 0 Å². The lowest BCUT2D eigenvalue weighted by Gasteiger charge is -2.34. The van der Waals surface area contributed by atoms with E-state index in [0.29, 0.717) is 6.04 Å². The average Bonchev–Trinajstić information content (AvgIpc) is 2.55. The monoisotopic (exact) mass is 284 g/mol. The highest BCUT2D eigenvalue weighted by Crippen LogP contribution is 2.25. The maximum absolute atomic E-state index is 12.3. The van der Waals surface area contributed by atoms with Gasteiger partial charge in [-0.05, 0) is 48.2 Å². The van der Waals surface area contributed by atoms with Gasteiger partial charge in [0.15, 0.2) is 0 Å². The van der Waals surface area contributed by atoms with Crippen LogP contribution in [0.15, 0.2) is 16.7 Å². The number of hydrogen-bond acceptors (Lipinski definition) is 1. The van der Waals surface area contributed by atoms with Gasteiger partial charge in [-0.3, -0.25) is 4.79 Å². The van der Waals surface area contributed by atoms with Gasteiger partial charge in [-0.1, -0.05) is 0 Å². The quantitative estimate of drug-likeness (QED) is 0.838. The molecular weight excluding hydrogens is 268 g/mol. The van der Waals surface area contributed by atoms with Gasteiger partial charge >= 0.3 is 0 Å². The number of rotatable bonds is 3. The zero-order valence-electron chi connectivity index (χ0n) is 9.74. The summed E-state index contributed by atoms with van der Waals surface area (Å²) < 4.78 is 2.96. The number of aryl methyl sites for hydroxylation is 1. The van der Waals surface area contributed by atoms with E-state index < -0.39 is 0 Å². The topological polar surface area (TPSA) is 25.2 Å². The lowest BCUT2D eigenvalue weighted by molar-refractivity contribution is 0.0641. The van der Waals surface area contributed by atoms with Gasteiger partial charge in [0, 0.05) is 30.3 Å². The van der Waals surface area contributed by atoms with Crippen molar-refractivity contribution < 1.29 is 4.79 Å². The van der Waals surface area contributed by atoms with E-state index in [1.807, 2.05) is 35.7 Å². The van der Waals surface area contributed by atoms with Gasteiger partial charge in [-0.25, -0.2) is 0 Å². The van der Waals surface area contributed by atoms with Crippen molar-refractivity contribution in [3.63, 3.8) is 0 Å². The molecule has 1 aliphatic carbocycles. The summed E-state index contributed by atoms with van der Waals surface area (Å²) >= 11 is 3.42. The summed E-state index contributed by atoms with van der Waals surface area (Å²) in [7, 11) is 1.91. The van der Waals surface area contributed by atoms with Gasteiger partial charge < -0.3 is 9.47 Å². The molecule has 16 heavy (non-hydrogen) atoms. The fourth-order valence-corrected chi connectivity index (χ4v) is 2.50. The first-order valence-corrected chi connectivity index (χ1v) is 6.55. The Morgan fingerprint density at radius 1 is 1.62 bits per heavy atom. The fraction of sp³-hybridized carbons (Fsp3) is 0.583. The van der Waals surface area contributed by atoms with Crippen molar-refractivity contribution in [2.45, 2.75) is 38.8 Å². The first-order chi connectivity index (χ1) is 7.63. The summed E-state index contributed by atoms with van der Waals surface area (Å²) in [5, 5.41) is 0. The zero-order chi connectivity index (χ0) is 11.7. The predicted octanol–water partition coefficient (Wildman–Crippen LogP) is 2.90. The second-order valence-electron chi connectivity index (χ2n) is 4.33. The molecule has 1 aromatic heterocycles. The third-order valence-electron chi connectivity index (χ3n) is 3.37. The molecule has 1 fully saturated rings. The molecule has 0 N–H and O–H groups in total. The van der Waals surface area contributed by atoms with E-state index >= 15 is 0 Å². The molecule has 1 saturated carbocycles. The Bertz CT molecular complexity index is 396. The van der Waals surface area contributed by atoms with Crippen molar-refractivity contribution in [2.75, 3.05) is 7.05 Å². The van der Waals surface area contributed by atoms with Crippen LogP contribution in [-0.2, 0) is 6.54 Å². The molecule has 1 amide bonds. The van der Waals surface area contributed by atoms with Crippen LogP contribution < -0.4 is 0 Å². The Labute approximate surface area is 105 Å². The molecule has 0 radical (unpaired) electrons. The number of carbonyl (C=O) groups excluding carboxylic acids is 1. The van der Waals surface area contributed by atoms with Crippen LogP contribution in [0.4, 0.5) is 0 Å². The van der Waals surface area contributed by atoms with Crippen molar-refractivity contribution in [3.8, 4) is 0 Å². The van der Waals surface area contributed by atoms with E-state index in [1.54, 1.807) is 0 Å². The normalized spacial score (nSPS) is 15.9. The fourth-order valence-electron chi connectivity index (χ4n) is 2.04. The number of carbonyl (C=O) groups is 1. The highest BCUT2D eigenvalue weighted by molar-refractivity contribution is 9.10. The van der Waals surface area contributed by atoms with Crippen LogP contribution in [0, 0.1) is 0 Å². The van der Waals surface area contributed by atoms with Gasteiger partial charge in [0.25, 0.3) is 5.91 Å². The number of hydrogen-bond donors (Lipinski definition) is 0. The Hall–Kier alpha value is -0.770. The summed E-state index contributed by atoms with van der Waals surface area (Å²) in [6, 6.07) is 2.35. The predicted molar refractivity (Wildman–Crippen MR) is 67.5 cm³/mol. The standard InChI is InChI=1S/C12H17BrN2O/c1-3-15-8-9(13)7-11(15)12(16)14(2)10-5-4-6-10/h7-8,10H,3-6H2,1-2H3. The molecule has 0 aliphatic heterocycles. The Kier molecular flexibility index (Phi) is 3.38. The molecule has 0 spiro atoms. The molecule has 4 heteroatoms. The second kappa shape index (κ2) is 4.62. The SMILES string of the molecule is CCn1cc(Br)cc1C(=O)N(C)C1CCC1. The van der Waals surface area contributed by atoms with E-state index in [0.717, 1.165) is 29.6 Å². The Morgan fingerprint density at radius 2 is 2.31 bits per heavy atom. The molecule has 0 bridgehead atoms. The first kappa shape index (κ1) is 11.7. The smallest absolute Gasteiger partial charge is 0.270 e. The van der Waals surface area contributed by atoms with Crippen molar-refractivity contribution in [2.24, 2.45) is 0 Å². The minimum Gasteiger partial charge on any atom is -0.343 e. The molecule has 1 aromatic rings. The van der Waals surface area contributed by atoms with Crippen molar-refractivity contribution >= 4 is 21.8 Å². The van der Waals surface area contributed by atoms with Crippen LogP contribution in [0.5, 0.6) is 0 Å². The van der Waals surface area contributed by atoms with Gasteiger partial charge in [-0.2, -0.15) is 0 Å². The molecule has 2 rings (SSSR count). The van der Waals surface area contributed by atoms with Crippen LogP contribution in [0.3, 0.4) is 0 Å². The second-order valence-corrected chi connectivity index (χ2v) is 5.25. The van der Waals surface area contributed by atoms with E-state index in [9.17, 15) is 4.79 Å². The van der Waals surface area contributed by atoms with Gasteiger partial charge in [0.05, 0.1) is 0 Å². The van der Waals surface area contributed by atoms with E-state index in [2.05, 4.69) is 15.9 Å². The Balaban J connectivity index is 2.18. The minimum atomic E-state index is 0.136. The molecule has 1 heterocycles. The highest BCUT2D eigenvalue weighted by atomic mass is 79.9. The third kappa shape index (κ3) is 2.03. The van der Waals surface area contributed by atoms with E-state index in [1.165, 1.54) is 6.42 Å². The number of nitrogens with zero attached hydrogens (tertiary/aromatic N) is 2. The molecule has 88 valence electrons. The first-order valence-electron chi connectivity index (χ1n) is 5.76. The maximum Gasteiger partial charge on any atom is 0.270 e. The summed E-state index contributed by atoms with van der Waals surface area (Å²) in [5.74, 6) is 0.136. The van der Waals surface area contributed by atoms with Crippen LogP contribution >= 0.6 is 15.9 Å². The molecule has 0 aromatic carbocycles. The lowest BCUT2D eigenvalue weighted by Crippen LogP contribution is -2.41. The third-order valence-corrected chi connectivity index (χ3v) is 3.80. The largest absolute Gasteiger partial charge is 0.343 e. The zero-order valence-corrected chi connectivity index (χ0v) is 11.3. The molecule has 1 aliphatic rings. The summed E-state index contributed by atoms with van der Waals surface area (Å²) in [6.45, 7) is 2.87. The van der Waals surface area contributed by atoms with Gasteiger partial charge in [0.2, 0.25) is 0 Å². The number of halogens is 1. The van der Waals surface area contributed by atoms with Crippen LogP contribution in [-0.4, -0.2) is 28.5 Å². The van der Waals surface area contributed by atoms with E-state index in [4.69, 9.17) is 0 Å². The Morgan fingerprint density at radius 3 is 2.81 bits per heavy atom. The van der Waals surface area contributed by atoms with Gasteiger partial charge in [-0.15, -0.1) is 0 Å². The number of amides is 1. The van der Waals surface area contributed by atoms with Gasteiger partial charge in [0.1, 0.15) is 5.69 Å². The van der Waals surface area contributed by atoms with Crippen LogP contribution in [0.1, 0.15) is 36.7 Å². The van der Waals surface area contributed by atoms with Crippen molar-refractivity contribution in [1.29, 1.82) is 0 Å². The maximum atomic E-state index is 12.3. The molecule has 3 nitrogen and oxygen atoms in total. The highest BCUT2D eigenvalue weighted by Gasteiger charge is 2.27. The molecule has 0 unspecified atom stereocenters. The summed E-state index contributed by atoms with van der Waals surface area (Å²) in [5.41, 5.74) is 0.781. The minimum absolute atomic E-state index is 0.136. The van der Waals surface area contributed by atoms with E-state index in [-0.39, 0.29) is 5.91 Å². The molecule has 0 atom stereocenters. The van der Waals surface area contributed by atoms with Crippen molar-refractivity contribution in [3.05, 3.63) is 22.4 Å².